The summed E-state index contributed by atoms with van der Waals surface area (Å²) in [5.74, 6) is 0. The maximum Gasteiger partial charge on any atom is 0.170 e. The Balaban J connectivity index is 1.81. The van der Waals surface area contributed by atoms with Crippen molar-refractivity contribution < 1.29 is 9.16 Å². The van der Waals surface area contributed by atoms with Gasteiger partial charge in [0.25, 0.3) is 0 Å². The van der Waals surface area contributed by atoms with E-state index in [9.17, 15) is 0 Å². The summed E-state index contributed by atoms with van der Waals surface area (Å²) in [7, 11) is -0.757. The number of hydrogen-bond donors (Lipinski definition) is 0. The van der Waals surface area contributed by atoms with E-state index in [-0.39, 0.29) is 0 Å². The van der Waals surface area contributed by atoms with Crippen molar-refractivity contribution in [3.05, 3.63) is 0 Å². The molecule has 1 atom stereocenters. The lowest BCUT2D eigenvalue weighted by Gasteiger charge is -2.03. The average Bonchev–Trinajstić information content (AvgIpc) is 2.48. The fraction of sp³-hybridized carbons (Fsp3) is 1.00. The molecule has 0 bridgehead atoms. The Labute approximate surface area is 57.9 Å². The topological polar surface area (TPSA) is 21.8 Å². The third-order valence-corrected chi connectivity index (χ3v) is 2.20. The number of rotatable bonds is 4. The monoisotopic (exact) mass is 146 g/mol. The molecule has 1 saturated heterocycles. The van der Waals surface area contributed by atoms with Crippen LogP contribution in [0.3, 0.4) is 0 Å². The molecule has 54 valence electrons. The smallest absolute Gasteiger partial charge is 0.170 e. The van der Waals surface area contributed by atoms with Crippen molar-refractivity contribution in [3.63, 3.8) is 0 Å². The van der Waals surface area contributed by atoms with Gasteiger partial charge in [0.15, 0.2) is 9.04 Å². The Hall–Kier alpha value is 0.137. The SMILES string of the molecule is C[SiH](C)OCCC1CO1. The van der Waals surface area contributed by atoms with Crippen LogP contribution in [0.4, 0.5) is 0 Å². The molecular formula is C6H14O2Si. The molecule has 0 aromatic rings. The molecular weight excluding hydrogens is 132 g/mol. The third kappa shape index (κ3) is 3.67. The highest BCUT2D eigenvalue weighted by atomic mass is 28.3. The lowest BCUT2D eigenvalue weighted by atomic mass is 10.4. The first-order chi connectivity index (χ1) is 4.29. The fourth-order valence-electron chi connectivity index (χ4n) is 0.670. The van der Waals surface area contributed by atoms with Gasteiger partial charge >= 0.3 is 0 Å². The molecule has 0 N–H and O–H groups in total. The van der Waals surface area contributed by atoms with Crippen molar-refractivity contribution in [1.29, 1.82) is 0 Å². The zero-order valence-corrected chi connectivity index (χ0v) is 7.25. The minimum atomic E-state index is -0.757. The van der Waals surface area contributed by atoms with Gasteiger partial charge in [-0.3, -0.25) is 0 Å². The summed E-state index contributed by atoms with van der Waals surface area (Å²) in [5, 5.41) is 0. The normalized spacial score (nSPS) is 25.0. The fourth-order valence-corrected chi connectivity index (χ4v) is 1.28. The summed E-state index contributed by atoms with van der Waals surface area (Å²) in [5.41, 5.74) is 0. The van der Waals surface area contributed by atoms with E-state index in [0.717, 1.165) is 19.6 Å². The van der Waals surface area contributed by atoms with Crippen LogP contribution in [0.2, 0.25) is 13.1 Å². The van der Waals surface area contributed by atoms with Crippen molar-refractivity contribution in [2.45, 2.75) is 25.6 Å². The Morgan fingerprint density at radius 3 is 2.78 bits per heavy atom. The van der Waals surface area contributed by atoms with Gasteiger partial charge in [0.05, 0.1) is 12.7 Å². The van der Waals surface area contributed by atoms with Crippen LogP contribution in [0, 0.1) is 0 Å². The van der Waals surface area contributed by atoms with E-state index in [2.05, 4.69) is 13.1 Å². The van der Waals surface area contributed by atoms with Crippen LogP contribution in [0.5, 0.6) is 0 Å². The van der Waals surface area contributed by atoms with Gasteiger partial charge in [-0.1, -0.05) is 0 Å². The molecule has 1 heterocycles. The lowest BCUT2D eigenvalue weighted by molar-refractivity contribution is 0.288. The van der Waals surface area contributed by atoms with Gasteiger partial charge in [-0.2, -0.15) is 0 Å². The van der Waals surface area contributed by atoms with E-state index in [4.69, 9.17) is 9.16 Å². The molecule has 0 aromatic heterocycles. The zero-order valence-electron chi connectivity index (χ0n) is 6.09. The quantitative estimate of drug-likeness (QED) is 0.432. The lowest BCUT2D eigenvalue weighted by Crippen LogP contribution is -2.09. The van der Waals surface area contributed by atoms with Crippen molar-refractivity contribution >= 4 is 9.04 Å². The Kier molecular flexibility index (Phi) is 2.69. The average molecular weight is 146 g/mol. The molecule has 0 saturated carbocycles. The van der Waals surface area contributed by atoms with Gasteiger partial charge in [-0.05, 0) is 19.5 Å². The maximum atomic E-state index is 5.45. The molecule has 1 rings (SSSR count). The predicted molar refractivity (Wildman–Crippen MR) is 39.2 cm³/mol. The van der Waals surface area contributed by atoms with Gasteiger partial charge in [0.2, 0.25) is 0 Å². The van der Waals surface area contributed by atoms with Crippen LogP contribution in [0.1, 0.15) is 6.42 Å². The second-order valence-electron chi connectivity index (χ2n) is 2.66. The Bertz CT molecular complexity index is 79.1. The summed E-state index contributed by atoms with van der Waals surface area (Å²) in [4.78, 5) is 0. The van der Waals surface area contributed by atoms with E-state index in [1.54, 1.807) is 0 Å². The summed E-state index contributed by atoms with van der Waals surface area (Å²) in [6.07, 6.45) is 1.64. The van der Waals surface area contributed by atoms with Crippen LogP contribution >= 0.6 is 0 Å². The highest BCUT2D eigenvalue weighted by molar-refractivity contribution is 6.48. The Morgan fingerprint density at radius 2 is 2.33 bits per heavy atom. The van der Waals surface area contributed by atoms with Gasteiger partial charge in [0.1, 0.15) is 0 Å². The minimum Gasteiger partial charge on any atom is -0.420 e. The first kappa shape index (κ1) is 7.25. The first-order valence-corrected chi connectivity index (χ1v) is 6.30. The van der Waals surface area contributed by atoms with Crippen molar-refractivity contribution in [3.8, 4) is 0 Å². The van der Waals surface area contributed by atoms with E-state index >= 15 is 0 Å². The minimum absolute atomic E-state index is 0.540. The number of hydrogen-bond acceptors (Lipinski definition) is 2. The van der Waals surface area contributed by atoms with E-state index in [1.165, 1.54) is 0 Å². The summed E-state index contributed by atoms with van der Waals surface area (Å²) in [6, 6.07) is 0. The molecule has 1 aliphatic rings. The van der Waals surface area contributed by atoms with Crippen LogP contribution in [0.25, 0.3) is 0 Å². The third-order valence-electron chi connectivity index (χ3n) is 1.29. The van der Waals surface area contributed by atoms with Gasteiger partial charge < -0.3 is 9.16 Å². The molecule has 2 nitrogen and oxygen atoms in total. The van der Waals surface area contributed by atoms with E-state index < -0.39 is 9.04 Å². The van der Waals surface area contributed by atoms with Gasteiger partial charge in [-0.15, -0.1) is 0 Å². The van der Waals surface area contributed by atoms with Crippen LogP contribution < -0.4 is 0 Å². The first-order valence-electron chi connectivity index (χ1n) is 3.52. The second-order valence-corrected chi connectivity index (χ2v) is 5.09. The standard InChI is InChI=1S/C6H14O2Si/c1-9(2)8-4-3-6-5-7-6/h6,9H,3-5H2,1-2H3. The van der Waals surface area contributed by atoms with Crippen molar-refractivity contribution in [2.24, 2.45) is 0 Å². The molecule has 1 unspecified atom stereocenters. The molecule has 1 fully saturated rings. The molecule has 0 amide bonds. The van der Waals surface area contributed by atoms with Crippen LogP contribution in [-0.4, -0.2) is 28.4 Å². The van der Waals surface area contributed by atoms with Crippen molar-refractivity contribution in [1.82, 2.24) is 0 Å². The van der Waals surface area contributed by atoms with Crippen molar-refractivity contribution in [2.75, 3.05) is 13.2 Å². The van der Waals surface area contributed by atoms with Gasteiger partial charge in [-0.25, -0.2) is 0 Å². The second kappa shape index (κ2) is 3.34. The molecule has 0 spiro atoms. The zero-order chi connectivity index (χ0) is 6.69. The van der Waals surface area contributed by atoms with E-state index in [1.807, 2.05) is 0 Å². The highest BCUT2D eigenvalue weighted by Crippen LogP contribution is 2.12. The van der Waals surface area contributed by atoms with E-state index in [0.29, 0.717) is 6.10 Å². The molecule has 0 aliphatic carbocycles. The summed E-state index contributed by atoms with van der Waals surface area (Å²) >= 11 is 0. The molecule has 1 aliphatic heterocycles. The molecule has 3 heteroatoms. The molecule has 0 aromatic carbocycles. The van der Waals surface area contributed by atoms with Crippen LogP contribution in [-0.2, 0) is 9.16 Å². The van der Waals surface area contributed by atoms with Crippen LogP contribution in [0.15, 0.2) is 0 Å². The summed E-state index contributed by atoms with van der Waals surface area (Å²) < 4.78 is 10.5. The maximum absolute atomic E-state index is 5.45. The molecule has 0 radical (unpaired) electrons. The predicted octanol–water partition coefficient (Wildman–Crippen LogP) is 0.775. The number of epoxide rings is 1. The highest BCUT2D eigenvalue weighted by Gasteiger charge is 2.21. The van der Waals surface area contributed by atoms with Gasteiger partial charge in [0, 0.05) is 6.61 Å². The Morgan fingerprint density at radius 1 is 1.67 bits per heavy atom. The molecule has 9 heavy (non-hydrogen) atoms. The number of ether oxygens (including phenoxy) is 1. The largest absolute Gasteiger partial charge is 0.420 e. The summed E-state index contributed by atoms with van der Waals surface area (Å²) in [6.45, 7) is 6.25.